The van der Waals surface area contributed by atoms with Crippen LogP contribution in [0, 0.1) is 10.1 Å². The summed E-state index contributed by atoms with van der Waals surface area (Å²) in [4.78, 5) is 32.5. The summed E-state index contributed by atoms with van der Waals surface area (Å²) in [5.41, 5.74) is 4.42. The SMILES string of the molecule is Cl.O=C(Nc1sc2c(c1-c1nc3ccccc3s1)CCN(Cc1ccccc1)C2)c1ccc([N+](=O)[O-])s1. The third-order valence-corrected chi connectivity index (χ3v) is 9.34. The topological polar surface area (TPSA) is 88.4 Å². The molecule has 5 aromatic rings. The molecular weight excluding hydrogens is 548 g/mol. The maximum atomic E-state index is 13.1. The van der Waals surface area contributed by atoms with E-state index in [2.05, 4.69) is 40.5 Å². The fourth-order valence-corrected chi connectivity index (χ4v) is 7.55. The van der Waals surface area contributed by atoms with Gasteiger partial charge in [0.2, 0.25) is 0 Å². The van der Waals surface area contributed by atoms with Gasteiger partial charge in [0.25, 0.3) is 5.91 Å². The smallest absolute Gasteiger partial charge is 0.312 e. The lowest BCUT2D eigenvalue weighted by molar-refractivity contribution is -0.380. The highest BCUT2D eigenvalue weighted by Gasteiger charge is 2.28. The van der Waals surface area contributed by atoms with Crippen LogP contribution in [0.4, 0.5) is 10.0 Å². The lowest BCUT2D eigenvalue weighted by atomic mass is 10.0. The zero-order chi connectivity index (χ0) is 24.6. The first-order valence-corrected chi connectivity index (χ1v) is 13.8. The van der Waals surface area contributed by atoms with Gasteiger partial charge in [-0.25, -0.2) is 4.98 Å². The number of hydrogen-bond acceptors (Lipinski definition) is 8. The largest absolute Gasteiger partial charge is 0.324 e. The highest BCUT2D eigenvalue weighted by molar-refractivity contribution is 7.23. The Bertz CT molecular complexity index is 1560. The number of nitro groups is 1. The van der Waals surface area contributed by atoms with E-state index in [0.29, 0.717) is 4.88 Å². The molecule has 1 amide bonds. The molecule has 1 aliphatic rings. The van der Waals surface area contributed by atoms with Crippen molar-refractivity contribution in [3.8, 4) is 10.6 Å². The molecule has 0 radical (unpaired) electrons. The number of carbonyl (C=O) groups excluding carboxylic acids is 1. The average Bonchev–Trinajstić information content (AvgIpc) is 3.61. The van der Waals surface area contributed by atoms with Crippen molar-refractivity contribution in [1.29, 1.82) is 0 Å². The zero-order valence-electron chi connectivity index (χ0n) is 19.4. The van der Waals surface area contributed by atoms with Gasteiger partial charge in [-0.1, -0.05) is 53.8 Å². The van der Waals surface area contributed by atoms with Crippen molar-refractivity contribution in [2.24, 2.45) is 0 Å². The number of nitrogens with zero attached hydrogens (tertiary/aromatic N) is 3. The summed E-state index contributed by atoms with van der Waals surface area (Å²) in [5.74, 6) is -0.338. The number of para-hydroxylation sites is 1. The number of hydrogen-bond donors (Lipinski definition) is 1. The number of halogens is 1. The van der Waals surface area contributed by atoms with E-state index in [0.717, 1.165) is 63.2 Å². The van der Waals surface area contributed by atoms with Crippen LogP contribution in [0.5, 0.6) is 0 Å². The lowest BCUT2D eigenvalue weighted by Crippen LogP contribution is -2.29. The lowest BCUT2D eigenvalue weighted by Gasteiger charge is -2.27. The summed E-state index contributed by atoms with van der Waals surface area (Å²) in [7, 11) is 0. The highest BCUT2D eigenvalue weighted by atomic mass is 35.5. The minimum atomic E-state index is -0.473. The first-order chi connectivity index (χ1) is 17.5. The third kappa shape index (κ3) is 5.16. The minimum Gasteiger partial charge on any atom is -0.312 e. The van der Waals surface area contributed by atoms with Crippen molar-refractivity contribution < 1.29 is 9.72 Å². The fourth-order valence-electron chi connectivity index (χ4n) is 4.44. The first kappa shape index (κ1) is 25.5. The van der Waals surface area contributed by atoms with E-state index in [1.807, 2.05) is 24.3 Å². The zero-order valence-corrected chi connectivity index (χ0v) is 22.6. The van der Waals surface area contributed by atoms with Crippen molar-refractivity contribution in [2.75, 3.05) is 11.9 Å². The average molecular weight is 569 g/mol. The van der Waals surface area contributed by atoms with E-state index in [1.165, 1.54) is 28.1 Å². The molecule has 4 heterocycles. The second-order valence-electron chi connectivity index (χ2n) is 8.49. The van der Waals surface area contributed by atoms with Crippen LogP contribution in [0.3, 0.4) is 0 Å². The van der Waals surface area contributed by atoms with E-state index in [4.69, 9.17) is 4.98 Å². The summed E-state index contributed by atoms with van der Waals surface area (Å²) in [6.45, 7) is 2.59. The summed E-state index contributed by atoms with van der Waals surface area (Å²) < 4.78 is 1.10. The van der Waals surface area contributed by atoms with Crippen LogP contribution in [0.2, 0.25) is 0 Å². The molecule has 6 rings (SSSR count). The number of nitrogens with one attached hydrogen (secondary N) is 1. The predicted octanol–water partition coefficient (Wildman–Crippen LogP) is 7.23. The third-order valence-electron chi connectivity index (χ3n) is 6.12. The van der Waals surface area contributed by atoms with E-state index < -0.39 is 4.92 Å². The van der Waals surface area contributed by atoms with Gasteiger partial charge in [0, 0.05) is 36.1 Å². The van der Waals surface area contributed by atoms with Crippen molar-refractivity contribution in [3.63, 3.8) is 0 Å². The van der Waals surface area contributed by atoms with Gasteiger partial charge in [0.05, 0.1) is 20.0 Å². The van der Waals surface area contributed by atoms with Crippen molar-refractivity contribution in [2.45, 2.75) is 19.5 Å². The van der Waals surface area contributed by atoms with Gasteiger partial charge in [-0.15, -0.1) is 35.1 Å². The quantitative estimate of drug-likeness (QED) is 0.172. The molecule has 0 fully saturated rings. The standard InChI is InChI=1S/C26H20N4O3S3.ClH/c31-24(20-10-11-22(34-20)30(32)33)28-26-23(25-27-18-8-4-5-9-19(18)35-25)17-12-13-29(15-21(17)36-26)14-16-6-2-1-3-7-16;/h1-11H,12-15H2,(H,28,31);1H. The molecule has 1 aliphatic heterocycles. The van der Waals surface area contributed by atoms with Gasteiger partial charge >= 0.3 is 5.00 Å². The Kier molecular flexibility index (Phi) is 7.36. The van der Waals surface area contributed by atoms with Crippen LogP contribution in [-0.2, 0) is 19.5 Å². The Morgan fingerprint density at radius 2 is 1.81 bits per heavy atom. The molecule has 0 saturated heterocycles. The monoisotopic (exact) mass is 568 g/mol. The van der Waals surface area contributed by atoms with Gasteiger partial charge in [0.15, 0.2) is 0 Å². The number of thiophene rings is 2. The predicted molar refractivity (Wildman–Crippen MR) is 153 cm³/mol. The van der Waals surface area contributed by atoms with Crippen molar-refractivity contribution >= 4 is 72.5 Å². The maximum absolute atomic E-state index is 13.1. The summed E-state index contributed by atoms with van der Waals surface area (Å²) in [5, 5.41) is 15.7. The number of benzene rings is 2. The molecule has 0 unspecified atom stereocenters. The summed E-state index contributed by atoms with van der Waals surface area (Å²) >= 11 is 4.08. The molecule has 0 atom stereocenters. The van der Waals surface area contributed by atoms with E-state index >= 15 is 0 Å². The minimum absolute atomic E-state index is 0. The fraction of sp³-hybridized carbons (Fsp3) is 0.154. The Labute approximate surface area is 231 Å². The second-order valence-corrected chi connectivity index (χ2v) is 11.7. The highest BCUT2D eigenvalue weighted by Crippen LogP contribution is 2.46. The second kappa shape index (κ2) is 10.7. The van der Waals surface area contributed by atoms with Gasteiger partial charge in [-0.2, -0.15) is 0 Å². The number of anilines is 1. The summed E-state index contributed by atoms with van der Waals surface area (Å²) in [6.07, 6.45) is 0.865. The van der Waals surface area contributed by atoms with Crippen LogP contribution < -0.4 is 5.32 Å². The van der Waals surface area contributed by atoms with E-state index in [1.54, 1.807) is 22.7 Å². The molecule has 1 N–H and O–H groups in total. The Hall–Kier alpha value is -3.15. The molecule has 11 heteroatoms. The van der Waals surface area contributed by atoms with Crippen LogP contribution in [-0.4, -0.2) is 27.3 Å². The van der Waals surface area contributed by atoms with Crippen LogP contribution in [0.15, 0.2) is 66.7 Å². The molecule has 0 spiro atoms. The number of thiazole rings is 1. The number of carbonyl (C=O) groups is 1. The van der Waals surface area contributed by atoms with Crippen LogP contribution >= 0.6 is 46.4 Å². The molecule has 0 aliphatic carbocycles. The van der Waals surface area contributed by atoms with Crippen molar-refractivity contribution in [3.05, 3.63) is 97.7 Å². The van der Waals surface area contributed by atoms with E-state index in [9.17, 15) is 14.9 Å². The van der Waals surface area contributed by atoms with Gasteiger partial charge in [-0.3, -0.25) is 19.8 Å². The number of fused-ring (bicyclic) bond motifs is 2. The molecule has 37 heavy (non-hydrogen) atoms. The maximum Gasteiger partial charge on any atom is 0.324 e. The molecule has 0 saturated carbocycles. The Morgan fingerprint density at radius 3 is 2.57 bits per heavy atom. The molecular formula is C26H21ClN4O3S3. The molecule has 188 valence electrons. The normalized spacial score (nSPS) is 13.2. The van der Waals surface area contributed by atoms with E-state index in [-0.39, 0.29) is 23.3 Å². The molecule has 0 bridgehead atoms. The number of amides is 1. The summed E-state index contributed by atoms with van der Waals surface area (Å²) in [6, 6.07) is 21.3. The molecule has 3 aromatic heterocycles. The van der Waals surface area contributed by atoms with Gasteiger partial charge in [-0.05, 0) is 35.7 Å². The Morgan fingerprint density at radius 1 is 1.03 bits per heavy atom. The first-order valence-electron chi connectivity index (χ1n) is 11.4. The number of aromatic nitrogens is 1. The van der Waals surface area contributed by atoms with Gasteiger partial charge < -0.3 is 5.32 Å². The van der Waals surface area contributed by atoms with Crippen LogP contribution in [0.25, 0.3) is 20.8 Å². The number of rotatable bonds is 6. The molecule has 7 nitrogen and oxygen atoms in total. The molecule has 2 aromatic carbocycles. The van der Waals surface area contributed by atoms with Crippen LogP contribution in [0.1, 0.15) is 25.7 Å². The van der Waals surface area contributed by atoms with Gasteiger partial charge in [0.1, 0.15) is 10.0 Å². The Balaban J connectivity index is 0.00000280. The van der Waals surface area contributed by atoms with Crippen molar-refractivity contribution in [1.82, 2.24) is 9.88 Å².